The summed E-state index contributed by atoms with van der Waals surface area (Å²) in [6.45, 7) is 0. The molecule has 2 amide bonds. The van der Waals surface area contributed by atoms with Gasteiger partial charge in [-0.2, -0.15) is 0 Å². The summed E-state index contributed by atoms with van der Waals surface area (Å²) < 4.78 is 0. The van der Waals surface area contributed by atoms with Gasteiger partial charge < -0.3 is 10.4 Å². The Balaban J connectivity index is 2.05. The standard InChI is InChI=1S/C11H8ClN3O3S/c12-8-5-6(1-3-13-8)14-11(18)15-9-7(10(16)17)2-4-19-9/h1-5H,(H,16,17)(H2,13,14,15,18). The fraction of sp³-hybridized carbons (Fsp3) is 0. The van der Waals surface area contributed by atoms with Crippen molar-refractivity contribution in [3.05, 3.63) is 40.5 Å². The maximum atomic E-state index is 11.7. The smallest absolute Gasteiger partial charge is 0.338 e. The molecule has 0 saturated heterocycles. The van der Waals surface area contributed by atoms with Crippen molar-refractivity contribution < 1.29 is 14.7 Å². The third-order valence-corrected chi connectivity index (χ3v) is 3.14. The minimum atomic E-state index is -1.09. The lowest BCUT2D eigenvalue weighted by Crippen LogP contribution is -2.20. The lowest BCUT2D eigenvalue weighted by molar-refractivity contribution is 0.0698. The van der Waals surface area contributed by atoms with Crippen molar-refractivity contribution in [3.8, 4) is 0 Å². The first-order valence-electron chi connectivity index (χ1n) is 5.06. The second-order valence-corrected chi connectivity index (χ2v) is 4.72. The van der Waals surface area contributed by atoms with Gasteiger partial charge in [0, 0.05) is 11.9 Å². The summed E-state index contributed by atoms with van der Waals surface area (Å²) in [6.07, 6.45) is 1.45. The summed E-state index contributed by atoms with van der Waals surface area (Å²) in [5, 5.41) is 16.0. The first-order chi connectivity index (χ1) is 9.06. The van der Waals surface area contributed by atoms with Crippen molar-refractivity contribution in [1.82, 2.24) is 4.98 Å². The first kappa shape index (κ1) is 13.3. The van der Waals surface area contributed by atoms with E-state index in [1.165, 1.54) is 18.3 Å². The van der Waals surface area contributed by atoms with Gasteiger partial charge in [0.05, 0.1) is 5.56 Å². The van der Waals surface area contributed by atoms with Crippen molar-refractivity contribution in [3.63, 3.8) is 0 Å². The molecule has 0 aliphatic rings. The van der Waals surface area contributed by atoms with Crippen LogP contribution in [0.4, 0.5) is 15.5 Å². The molecule has 2 aromatic rings. The van der Waals surface area contributed by atoms with E-state index in [-0.39, 0.29) is 15.7 Å². The van der Waals surface area contributed by atoms with E-state index >= 15 is 0 Å². The molecular formula is C11H8ClN3O3S. The maximum Gasteiger partial charge on any atom is 0.338 e. The highest BCUT2D eigenvalue weighted by Crippen LogP contribution is 2.23. The van der Waals surface area contributed by atoms with Gasteiger partial charge in [-0.15, -0.1) is 11.3 Å². The minimum absolute atomic E-state index is 0.0490. The number of carboxylic acids is 1. The molecule has 3 N–H and O–H groups in total. The normalized spacial score (nSPS) is 9.95. The van der Waals surface area contributed by atoms with Crippen molar-refractivity contribution in [1.29, 1.82) is 0 Å². The number of thiophene rings is 1. The average molecular weight is 298 g/mol. The molecule has 0 saturated carbocycles. The molecule has 0 aliphatic heterocycles. The van der Waals surface area contributed by atoms with Gasteiger partial charge in [-0.25, -0.2) is 14.6 Å². The number of nitrogens with one attached hydrogen (secondary N) is 2. The van der Waals surface area contributed by atoms with Crippen LogP contribution in [0.1, 0.15) is 10.4 Å². The summed E-state index contributed by atoms with van der Waals surface area (Å²) in [6, 6.07) is 3.92. The number of carbonyl (C=O) groups is 2. The second-order valence-electron chi connectivity index (χ2n) is 3.41. The third-order valence-electron chi connectivity index (χ3n) is 2.11. The summed E-state index contributed by atoms with van der Waals surface area (Å²) in [7, 11) is 0. The Hall–Kier alpha value is -2.12. The van der Waals surface area contributed by atoms with E-state index in [9.17, 15) is 9.59 Å². The molecule has 0 radical (unpaired) electrons. The molecular weight excluding hydrogens is 290 g/mol. The molecule has 0 spiro atoms. The maximum absolute atomic E-state index is 11.7. The predicted molar refractivity (Wildman–Crippen MR) is 73.2 cm³/mol. The van der Waals surface area contributed by atoms with Gasteiger partial charge in [0.2, 0.25) is 0 Å². The average Bonchev–Trinajstić information content (AvgIpc) is 2.76. The van der Waals surface area contributed by atoms with Crippen LogP contribution < -0.4 is 10.6 Å². The van der Waals surface area contributed by atoms with Crippen LogP contribution in [-0.2, 0) is 0 Å². The summed E-state index contributed by atoms with van der Waals surface area (Å²) in [4.78, 5) is 26.3. The first-order valence-corrected chi connectivity index (χ1v) is 6.32. The number of anilines is 2. The summed E-state index contributed by atoms with van der Waals surface area (Å²) in [5.74, 6) is -1.09. The molecule has 0 aliphatic carbocycles. The van der Waals surface area contributed by atoms with Crippen LogP contribution in [0.2, 0.25) is 5.15 Å². The van der Waals surface area contributed by atoms with E-state index in [1.807, 2.05) is 0 Å². The van der Waals surface area contributed by atoms with Crippen LogP contribution >= 0.6 is 22.9 Å². The topological polar surface area (TPSA) is 91.3 Å². The van der Waals surface area contributed by atoms with Crippen molar-refractivity contribution in [2.75, 3.05) is 10.6 Å². The number of pyridine rings is 1. The van der Waals surface area contributed by atoms with E-state index < -0.39 is 12.0 Å². The van der Waals surface area contributed by atoms with Gasteiger partial charge in [0.25, 0.3) is 0 Å². The number of rotatable bonds is 3. The molecule has 19 heavy (non-hydrogen) atoms. The largest absolute Gasteiger partial charge is 0.478 e. The Labute approximate surface area is 117 Å². The van der Waals surface area contributed by atoms with Crippen LogP contribution in [0, 0.1) is 0 Å². The van der Waals surface area contributed by atoms with E-state index in [4.69, 9.17) is 16.7 Å². The third kappa shape index (κ3) is 3.43. The SMILES string of the molecule is O=C(Nc1ccnc(Cl)c1)Nc1sccc1C(=O)O. The molecule has 98 valence electrons. The summed E-state index contributed by atoms with van der Waals surface area (Å²) >= 11 is 6.81. The van der Waals surface area contributed by atoms with Gasteiger partial charge in [0.1, 0.15) is 10.2 Å². The fourth-order valence-corrected chi connectivity index (χ4v) is 2.27. The number of aromatic carboxylic acids is 1. The molecule has 0 aromatic carbocycles. The van der Waals surface area contributed by atoms with Crippen LogP contribution in [0.25, 0.3) is 0 Å². The molecule has 6 nitrogen and oxygen atoms in total. The predicted octanol–water partition coefficient (Wildman–Crippen LogP) is 3.14. The Morgan fingerprint density at radius 1 is 1.32 bits per heavy atom. The highest BCUT2D eigenvalue weighted by atomic mass is 35.5. The fourth-order valence-electron chi connectivity index (χ4n) is 1.32. The highest BCUT2D eigenvalue weighted by molar-refractivity contribution is 7.14. The van der Waals surface area contributed by atoms with E-state index in [0.717, 1.165) is 11.3 Å². The van der Waals surface area contributed by atoms with Gasteiger partial charge in [-0.1, -0.05) is 11.6 Å². The van der Waals surface area contributed by atoms with Crippen molar-refractivity contribution >= 4 is 45.6 Å². The molecule has 0 bridgehead atoms. The number of halogens is 1. The number of hydrogen-bond acceptors (Lipinski definition) is 4. The number of carboxylic acid groups (broad SMARTS) is 1. The number of nitrogens with zero attached hydrogens (tertiary/aromatic N) is 1. The zero-order valence-electron chi connectivity index (χ0n) is 9.38. The lowest BCUT2D eigenvalue weighted by atomic mass is 10.3. The number of urea groups is 1. The molecule has 2 aromatic heterocycles. The highest BCUT2D eigenvalue weighted by Gasteiger charge is 2.13. The Bertz CT molecular complexity index is 629. The van der Waals surface area contributed by atoms with Crippen molar-refractivity contribution in [2.45, 2.75) is 0 Å². The Kier molecular flexibility index (Phi) is 3.98. The summed E-state index contributed by atoms with van der Waals surface area (Å²) in [5.41, 5.74) is 0.513. The van der Waals surface area contributed by atoms with Gasteiger partial charge in [-0.3, -0.25) is 5.32 Å². The van der Waals surface area contributed by atoms with Crippen LogP contribution in [0.15, 0.2) is 29.8 Å². The monoisotopic (exact) mass is 297 g/mol. The number of aromatic nitrogens is 1. The van der Waals surface area contributed by atoms with Gasteiger partial charge in [-0.05, 0) is 23.6 Å². The Morgan fingerprint density at radius 3 is 2.79 bits per heavy atom. The zero-order valence-corrected chi connectivity index (χ0v) is 11.0. The molecule has 8 heteroatoms. The van der Waals surface area contributed by atoms with Gasteiger partial charge in [0.15, 0.2) is 0 Å². The second kappa shape index (κ2) is 5.68. The van der Waals surface area contributed by atoms with E-state index in [0.29, 0.717) is 5.69 Å². The number of amides is 2. The van der Waals surface area contributed by atoms with Crippen LogP contribution in [0.3, 0.4) is 0 Å². The van der Waals surface area contributed by atoms with Crippen molar-refractivity contribution in [2.24, 2.45) is 0 Å². The zero-order chi connectivity index (χ0) is 13.8. The van der Waals surface area contributed by atoms with Gasteiger partial charge >= 0.3 is 12.0 Å². The molecule has 2 rings (SSSR count). The molecule has 2 heterocycles. The lowest BCUT2D eigenvalue weighted by Gasteiger charge is -2.06. The van der Waals surface area contributed by atoms with E-state index in [1.54, 1.807) is 11.4 Å². The number of hydrogen-bond donors (Lipinski definition) is 3. The van der Waals surface area contributed by atoms with Crippen LogP contribution in [-0.4, -0.2) is 22.1 Å². The van der Waals surface area contributed by atoms with Crippen LogP contribution in [0.5, 0.6) is 0 Å². The Morgan fingerprint density at radius 2 is 2.11 bits per heavy atom. The molecule has 0 fully saturated rings. The number of carbonyl (C=O) groups excluding carboxylic acids is 1. The van der Waals surface area contributed by atoms with E-state index in [2.05, 4.69) is 15.6 Å². The minimum Gasteiger partial charge on any atom is -0.478 e. The molecule has 0 unspecified atom stereocenters. The quantitative estimate of drug-likeness (QED) is 0.759. The molecule has 0 atom stereocenters.